The van der Waals surface area contributed by atoms with Crippen LogP contribution in [0, 0.1) is 10.1 Å². The second-order valence-corrected chi connectivity index (χ2v) is 7.64. The van der Waals surface area contributed by atoms with Gasteiger partial charge in [-0.05, 0) is 30.7 Å². The van der Waals surface area contributed by atoms with Crippen LogP contribution in [-0.2, 0) is 16.2 Å². The molecular formula is C16H14ClF3N2O5S. The summed E-state index contributed by atoms with van der Waals surface area (Å²) >= 11 is 5.80. The predicted molar refractivity (Wildman–Crippen MR) is 94.9 cm³/mol. The highest BCUT2D eigenvalue weighted by Crippen LogP contribution is 2.31. The molecule has 2 aromatic rings. The van der Waals surface area contributed by atoms with Crippen molar-refractivity contribution in [2.45, 2.75) is 17.5 Å². The summed E-state index contributed by atoms with van der Waals surface area (Å²) in [6.45, 7) is -0.160. The first-order chi connectivity index (χ1) is 13.0. The SMILES string of the molecule is O=[N+]([O-])c1ccc(Cl)c(S(=O)(=O)NCCCOc2cccc(C(F)(F)F)c2)c1. The van der Waals surface area contributed by atoms with Crippen LogP contribution in [0.4, 0.5) is 18.9 Å². The summed E-state index contributed by atoms with van der Waals surface area (Å²) in [6.07, 6.45) is -4.35. The van der Waals surface area contributed by atoms with E-state index in [2.05, 4.69) is 4.72 Å². The molecule has 0 heterocycles. The molecule has 0 unspecified atom stereocenters. The highest BCUT2D eigenvalue weighted by atomic mass is 35.5. The van der Waals surface area contributed by atoms with E-state index in [1.165, 1.54) is 12.1 Å². The largest absolute Gasteiger partial charge is 0.494 e. The van der Waals surface area contributed by atoms with E-state index in [9.17, 15) is 31.7 Å². The molecule has 0 aliphatic rings. The van der Waals surface area contributed by atoms with Crippen molar-refractivity contribution in [3.8, 4) is 5.75 Å². The lowest BCUT2D eigenvalue weighted by Gasteiger charge is -2.11. The molecule has 2 aromatic carbocycles. The average Bonchev–Trinajstić information content (AvgIpc) is 2.61. The number of nitro groups is 1. The van der Waals surface area contributed by atoms with Gasteiger partial charge in [-0.15, -0.1) is 0 Å². The molecule has 7 nitrogen and oxygen atoms in total. The van der Waals surface area contributed by atoms with Crippen molar-refractivity contribution in [2.75, 3.05) is 13.2 Å². The predicted octanol–water partition coefficient (Wildman–Crippen LogP) is 4.01. The van der Waals surface area contributed by atoms with Crippen LogP contribution < -0.4 is 9.46 Å². The maximum Gasteiger partial charge on any atom is 0.416 e. The average molecular weight is 439 g/mol. The maximum absolute atomic E-state index is 12.6. The number of non-ortho nitro benzene ring substituents is 1. The number of rotatable bonds is 8. The summed E-state index contributed by atoms with van der Waals surface area (Å²) in [6, 6.07) is 7.31. The zero-order chi connectivity index (χ0) is 20.9. The zero-order valence-corrected chi connectivity index (χ0v) is 15.6. The number of halogens is 4. The molecule has 12 heteroatoms. The standard InChI is InChI=1S/C16H14ClF3N2O5S/c17-14-6-5-12(22(23)24)10-15(14)28(25,26)21-7-2-8-27-13-4-1-3-11(9-13)16(18,19)20/h1,3-6,9-10,21H,2,7-8H2. The number of benzene rings is 2. The van der Waals surface area contributed by atoms with Gasteiger partial charge in [0.2, 0.25) is 10.0 Å². The van der Waals surface area contributed by atoms with Gasteiger partial charge in [-0.2, -0.15) is 13.2 Å². The summed E-state index contributed by atoms with van der Waals surface area (Å²) in [5.41, 5.74) is -1.29. The van der Waals surface area contributed by atoms with Crippen LogP contribution in [0.15, 0.2) is 47.4 Å². The Morgan fingerprint density at radius 1 is 1.18 bits per heavy atom. The molecule has 0 amide bonds. The monoisotopic (exact) mass is 438 g/mol. The fraction of sp³-hybridized carbons (Fsp3) is 0.250. The fourth-order valence-corrected chi connectivity index (χ4v) is 3.71. The molecule has 0 aromatic heterocycles. The summed E-state index contributed by atoms with van der Waals surface area (Å²) < 4.78 is 69.7. The molecule has 0 aliphatic heterocycles. The topological polar surface area (TPSA) is 98.5 Å². The smallest absolute Gasteiger partial charge is 0.416 e. The molecular weight excluding hydrogens is 425 g/mol. The van der Waals surface area contributed by atoms with Crippen LogP contribution in [0.5, 0.6) is 5.75 Å². The molecule has 152 valence electrons. The van der Waals surface area contributed by atoms with Crippen LogP contribution in [-0.4, -0.2) is 26.5 Å². The van der Waals surface area contributed by atoms with Gasteiger partial charge < -0.3 is 4.74 Å². The Labute approximate surface area is 163 Å². The van der Waals surface area contributed by atoms with Crippen molar-refractivity contribution < 1.29 is 31.2 Å². The van der Waals surface area contributed by atoms with E-state index < -0.39 is 37.3 Å². The van der Waals surface area contributed by atoms with Gasteiger partial charge >= 0.3 is 6.18 Å². The van der Waals surface area contributed by atoms with E-state index in [1.54, 1.807) is 0 Å². The van der Waals surface area contributed by atoms with E-state index in [1.807, 2.05) is 0 Å². The lowest BCUT2D eigenvalue weighted by molar-refractivity contribution is -0.385. The Balaban J connectivity index is 1.92. The van der Waals surface area contributed by atoms with Gasteiger partial charge in [0, 0.05) is 18.7 Å². The Hall–Kier alpha value is -2.37. The molecule has 0 aliphatic carbocycles. The van der Waals surface area contributed by atoms with Gasteiger partial charge in [0.25, 0.3) is 5.69 Å². The molecule has 0 atom stereocenters. The number of sulfonamides is 1. The third-order valence-corrected chi connectivity index (χ3v) is 5.40. The van der Waals surface area contributed by atoms with Crippen LogP contribution in [0.25, 0.3) is 0 Å². The molecule has 28 heavy (non-hydrogen) atoms. The van der Waals surface area contributed by atoms with E-state index >= 15 is 0 Å². The number of nitrogens with zero attached hydrogens (tertiary/aromatic N) is 1. The summed E-state index contributed by atoms with van der Waals surface area (Å²) in [7, 11) is -4.11. The minimum Gasteiger partial charge on any atom is -0.494 e. The molecule has 0 saturated carbocycles. The van der Waals surface area contributed by atoms with Gasteiger partial charge in [0.1, 0.15) is 10.6 Å². The summed E-state index contributed by atoms with van der Waals surface area (Å²) in [5.74, 6) is -0.000546. The van der Waals surface area contributed by atoms with Crippen molar-refractivity contribution in [3.05, 3.63) is 63.2 Å². The van der Waals surface area contributed by atoms with Crippen molar-refractivity contribution in [2.24, 2.45) is 0 Å². The lowest BCUT2D eigenvalue weighted by atomic mass is 10.2. The Morgan fingerprint density at radius 3 is 2.54 bits per heavy atom. The minimum absolute atomic E-state index is 0.000546. The number of nitrogens with one attached hydrogen (secondary N) is 1. The van der Waals surface area contributed by atoms with Crippen molar-refractivity contribution >= 4 is 27.3 Å². The van der Waals surface area contributed by atoms with Crippen LogP contribution in [0.3, 0.4) is 0 Å². The van der Waals surface area contributed by atoms with Crippen molar-refractivity contribution in [1.29, 1.82) is 0 Å². The molecule has 0 bridgehead atoms. The van der Waals surface area contributed by atoms with Gasteiger partial charge in [-0.25, -0.2) is 13.1 Å². The quantitative estimate of drug-likeness (QED) is 0.381. The third kappa shape index (κ3) is 5.81. The number of ether oxygens (including phenoxy) is 1. The van der Waals surface area contributed by atoms with Crippen LogP contribution in [0.1, 0.15) is 12.0 Å². The van der Waals surface area contributed by atoms with Gasteiger partial charge in [0.15, 0.2) is 0 Å². The van der Waals surface area contributed by atoms with E-state index in [0.717, 1.165) is 30.3 Å². The highest BCUT2D eigenvalue weighted by molar-refractivity contribution is 7.89. The Morgan fingerprint density at radius 2 is 1.89 bits per heavy atom. The molecule has 0 spiro atoms. The van der Waals surface area contributed by atoms with Crippen LogP contribution >= 0.6 is 11.6 Å². The Bertz CT molecular complexity index is 967. The number of alkyl halides is 3. The van der Waals surface area contributed by atoms with Crippen molar-refractivity contribution in [3.63, 3.8) is 0 Å². The first kappa shape index (κ1) is 21.9. The number of hydrogen-bond donors (Lipinski definition) is 1. The first-order valence-corrected chi connectivity index (χ1v) is 9.60. The lowest BCUT2D eigenvalue weighted by Crippen LogP contribution is -2.26. The van der Waals surface area contributed by atoms with Crippen LogP contribution in [0.2, 0.25) is 5.02 Å². The molecule has 1 N–H and O–H groups in total. The normalized spacial score (nSPS) is 12.0. The van der Waals surface area contributed by atoms with Gasteiger partial charge in [0.05, 0.1) is 22.1 Å². The zero-order valence-electron chi connectivity index (χ0n) is 14.1. The van der Waals surface area contributed by atoms with E-state index in [4.69, 9.17) is 16.3 Å². The summed E-state index contributed by atoms with van der Waals surface area (Å²) in [4.78, 5) is 9.58. The first-order valence-electron chi connectivity index (χ1n) is 7.74. The van der Waals surface area contributed by atoms with E-state index in [-0.39, 0.29) is 30.3 Å². The van der Waals surface area contributed by atoms with Gasteiger partial charge in [-0.1, -0.05) is 17.7 Å². The molecule has 0 radical (unpaired) electrons. The van der Waals surface area contributed by atoms with E-state index in [0.29, 0.717) is 0 Å². The molecule has 0 fully saturated rings. The molecule has 2 rings (SSSR count). The Kier molecular flexibility index (Phi) is 6.86. The second-order valence-electron chi connectivity index (χ2n) is 5.50. The third-order valence-electron chi connectivity index (χ3n) is 3.46. The van der Waals surface area contributed by atoms with Gasteiger partial charge in [-0.3, -0.25) is 10.1 Å². The molecule has 0 saturated heterocycles. The second kappa shape index (κ2) is 8.76. The maximum atomic E-state index is 12.6. The number of nitro benzene ring substituents is 1. The fourth-order valence-electron chi connectivity index (χ4n) is 2.12. The minimum atomic E-state index is -4.49. The summed E-state index contributed by atoms with van der Waals surface area (Å²) in [5, 5.41) is 10.6. The highest BCUT2D eigenvalue weighted by Gasteiger charge is 2.30. The van der Waals surface area contributed by atoms with Crippen molar-refractivity contribution in [1.82, 2.24) is 4.72 Å². The number of hydrogen-bond acceptors (Lipinski definition) is 5.